The van der Waals surface area contributed by atoms with Crippen LogP contribution in [0, 0.1) is 17.0 Å². The Morgan fingerprint density at radius 2 is 2.00 bits per heavy atom. The van der Waals surface area contributed by atoms with Gasteiger partial charge < -0.3 is 0 Å². The van der Waals surface area contributed by atoms with E-state index in [1.807, 2.05) is 29.7 Å². The van der Waals surface area contributed by atoms with Gasteiger partial charge >= 0.3 is 0 Å². The van der Waals surface area contributed by atoms with Crippen LogP contribution in [0.5, 0.6) is 0 Å². The Bertz CT molecular complexity index is 1030. The van der Waals surface area contributed by atoms with Crippen LogP contribution in [-0.2, 0) is 0 Å². The molecule has 8 heteroatoms. The molecular formula is C17H12ClN5O2. The minimum Gasteiger partial charge on any atom is -0.280 e. The Kier molecular flexibility index (Phi) is 3.58. The summed E-state index contributed by atoms with van der Waals surface area (Å²) in [6.45, 7) is 1.83. The maximum atomic E-state index is 11.1. The van der Waals surface area contributed by atoms with Gasteiger partial charge in [0.05, 0.1) is 10.6 Å². The number of aryl methyl sites for hydroxylation is 1. The highest BCUT2D eigenvalue weighted by atomic mass is 35.5. The average molecular weight is 354 g/mol. The van der Waals surface area contributed by atoms with Gasteiger partial charge in [-0.25, -0.2) is 0 Å². The van der Waals surface area contributed by atoms with E-state index in [1.54, 1.807) is 18.3 Å². The summed E-state index contributed by atoms with van der Waals surface area (Å²) in [5.74, 6) is 1.29. The first-order chi connectivity index (χ1) is 12.1. The van der Waals surface area contributed by atoms with Crippen molar-refractivity contribution in [3.05, 3.63) is 80.4 Å². The molecule has 0 spiro atoms. The maximum Gasteiger partial charge on any atom is 0.270 e. The number of fused-ring (bicyclic) bond motifs is 3. The van der Waals surface area contributed by atoms with E-state index in [9.17, 15) is 10.1 Å². The van der Waals surface area contributed by atoms with Crippen LogP contribution in [0.1, 0.15) is 28.8 Å². The number of hydrogen-bond acceptors (Lipinski definition) is 5. The fraction of sp³-hybridized carbons (Fsp3) is 0.118. The molecule has 2 heterocycles. The molecule has 1 unspecified atom stereocenters. The molecule has 1 aliphatic heterocycles. The lowest BCUT2D eigenvalue weighted by molar-refractivity contribution is -0.384. The van der Waals surface area contributed by atoms with Crippen LogP contribution < -0.4 is 0 Å². The van der Waals surface area contributed by atoms with Crippen LogP contribution >= 0.6 is 11.6 Å². The smallest absolute Gasteiger partial charge is 0.270 e. The fourth-order valence-electron chi connectivity index (χ4n) is 2.95. The van der Waals surface area contributed by atoms with Crippen molar-refractivity contribution >= 4 is 23.5 Å². The molecule has 3 aromatic rings. The van der Waals surface area contributed by atoms with E-state index in [4.69, 9.17) is 11.6 Å². The molecule has 0 amide bonds. The van der Waals surface area contributed by atoms with Gasteiger partial charge in [-0.15, -0.1) is 10.2 Å². The molecule has 25 heavy (non-hydrogen) atoms. The van der Waals surface area contributed by atoms with Crippen LogP contribution in [-0.4, -0.2) is 25.9 Å². The lowest BCUT2D eigenvalue weighted by atomic mass is 10.1. The normalized spacial score (nSPS) is 15.4. The predicted octanol–water partition coefficient (Wildman–Crippen LogP) is 3.66. The summed E-state index contributed by atoms with van der Waals surface area (Å²) in [5.41, 5.74) is 2.19. The number of aliphatic imine (C=N–C) groups is 1. The number of nitro groups is 1. The fourth-order valence-corrected chi connectivity index (χ4v) is 3.19. The quantitative estimate of drug-likeness (QED) is 0.519. The molecule has 0 aliphatic carbocycles. The highest BCUT2D eigenvalue weighted by molar-refractivity contribution is 6.31. The summed E-state index contributed by atoms with van der Waals surface area (Å²) in [7, 11) is 0. The van der Waals surface area contributed by atoms with Crippen molar-refractivity contribution in [3.63, 3.8) is 0 Å². The molecule has 4 rings (SSSR count). The summed E-state index contributed by atoms with van der Waals surface area (Å²) in [5, 5.41) is 20.1. The predicted molar refractivity (Wildman–Crippen MR) is 93.6 cm³/mol. The molecule has 0 saturated carbocycles. The monoisotopic (exact) mass is 353 g/mol. The third-order valence-corrected chi connectivity index (χ3v) is 4.46. The van der Waals surface area contributed by atoms with E-state index in [0.717, 1.165) is 11.3 Å². The van der Waals surface area contributed by atoms with Gasteiger partial charge in [-0.3, -0.25) is 19.7 Å². The Balaban J connectivity index is 1.97. The Morgan fingerprint density at radius 1 is 1.20 bits per heavy atom. The molecule has 2 aromatic carbocycles. The zero-order chi connectivity index (χ0) is 17.6. The van der Waals surface area contributed by atoms with Gasteiger partial charge in [-0.1, -0.05) is 29.8 Å². The van der Waals surface area contributed by atoms with Crippen LogP contribution in [0.25, 0.3) is 5.69 Å². The summed E-state index contributed by atoms with van der Waals surface area (Å²) >= 11 is 6.34. The molecule has 0 radical (unpaired) electrons. The molecule has 0 saturated heterocycles. The van der Waals surface area contributed by atoms with Crippen molar-refractivity contribution in [1.29, 1.82) is 0 Å². The van der Waals surface area contributed by atoms with E-state index < -0.39 is 11.0 Å². The van der Waals surface area contributed by atoms with Crippen molar-refractivity contribution in [3.8, 4) is 5.69 Å². The Morgan fingerprint density at radius 3 is 2.76 bits per heavy atom. The van der Waals surface area contributed by atoms with Crippen molar-refractivity contribution in [2.24, 2.45) is 4.99 Å². The van der Waals surface area contributed by atoms with Gasteiger partial charge in [-0.2, -0.15) is 0 Å². The lowest BCUT2D eigenvalue weighted by Gasteiger charge is -2.14. The zero-order valence-electron chi connectivity index (χ0n) is 13.1. The molecule has 0 bridgehead atoms. The van der Waals surface area contributed by atoms with Gasteiger partial charge in [0, 0.05) is 34.5 Å². The van der Waals surface area contributed by atoms with Crippen molar-refractivity contribution < 1.29 is 4.92 Å². The van der Waals surface area contributed by atoms with E-state index in [-0.39, 0.29) is 5.69 Å². The minimum atomic E-state index is -0.443. The first kappa shape index (κ1) is 15.5. The van der Waals surface area contributed by atoms with Gasteiger partial charge in [0.15, 0.2) is 5.82 Å². The number of nitro benzene ring substituents is 1. The first-order valence-electron chi connectivity index (χ1n) is 7.54. The SMILES string of the molecule is Cc1nnc2n1-c1ccc([N+](=O)[O-])cc1C=NC2c1ccccc1Cl. The first-order valence-corrected chi connectivity index (χ1v) is 7.92. The second-order valence-corrected chi connectivity index (χ2v) is 6.05. The Hall–Kier alpha value is -3.06. The number of aromatic nitrogens is 3. The van der Waals surface area contributed by atoms with E-state index in [0.29, 0.717) is 22.2 Å². The molecular weight excluding hydrogens is 342 g/mol. The van der Waals surface area contributed by atoms with Gasteiger partial charge in [0.1, 0.15) is 11.9 Å². The number of rotatable bonds is 2. The molecule has 124 valence electrons. The van der Waals surface area contributed by atoms with E-state index in [1.165, 1.54) is 12.1 Å². The van der Waals surface area contributed by atoms with Gasteiger partial charge in [0.2, 0.25) is 0 Å². The zero-order valence-corrected chi connectivity index (χ0v) is 13.9. The average Bonchev–Trinajstić information content (AvgIpc) is 2.89. The van der Waals surface area contributed by atoms with Gasteiger partial charge in [-0.05, 0) is 19.1 Å². The molecule has 1 atom stereocenters. The van der Waals surface area contributed by atoms with E-state index in [2.05, 4.69) is 15.2 Å². The Labute approximate surface area is 147 Å². The summed E-state index contributed by atoms with van der Waals surface area (Å²) in [6, 6.07) is 11.6. The van der Waals surface area contributed by atoms with Crippen LogP contribution in [0.2, 0.25) is 5.02 Å². The van der Waals surface area contributed by atoms with Crippen molar-refractivity contribution in [1.82, 2.24) is 14.8 Å². The number of halogens is 1. The largest absolute Gasteiger partial charge is 0.280 e. The number of non-ortho nitro benzene ring substituents is 1. The highest BCUT2D eigenvalue weighted by Crippen LogP contribution is 2.35. The van der Waals surface area contributed by atoms with Gasteiger partial charge in [0.25, 0.3) is 5.69 Å². The van der Waals surface area contributed by atoms with Crippen molar-refractivity contribution in [2.75, 3.05) is 0 Å². The second-order valence-electron chi connectivity index (χ2n) is 5.64. The number of hydrogen-bond donors (Lipinski definition) is 0. The van der Waals surface area contributed by atoms with Crippen molar-refractivity contribution in [2.45, 2.75) is 13.0 Å². The second kappa shape index (κ2) is 5.78. The van der Waals surface area contributed by atoms with Crippen LogP contribution in [0.15, 0.2) is 47.5 Å². The topological polar surface area (TPSA) is 86.2 Å². The number of nitrogens with zero attached hydrogens (tertiary/aromatic N) is 5. The number of benzene rings is 2. The molecule has 0 fully saturated rings. The van der Waals surface area contributed by atoms with Crippen LogP contribution in [0.3, 0.4) is 0 Å². The third-order valence-electron chi connectivity index (χ3n) is 4.12. The third kappa shape index (κ3) is 2.49. The summed E-state index contributed by atoms with van der Waals surface area (Å²) in [6.07, 6.45) is 1.63. The molecule has 1 aliphatic rings. The highest BCUT2D eigenvalue weighted by Gasteiger charge is 2.27. The maximum absolute atomic E-state index is 11.1. The standard InChI is InChI=1S/C17H12ClN5O2/c1-10-20-21-17-16(13-4-2-3-5-14(13)18)19-9-11-8-12(23(24)25)6-7-15(11)22(10)17/h2-9,16H,1H3. The lowest BCUT2D eigenvalue weighted by Crippen LogP contribution is -2.08. The molecule has 0 N–H and O–H groups in total. The summed E-state index contributed by atoms with van der Waals surface area (Å²) < 4.78 is 1.86. The van der Waals surface area contributed by atoms with E-state index >= 15 is 0 Å². The molecule has 1 aromatic heterocycles. The summed E-state index contributed by atoms with van der Waals surface area (Å²) in [4.78, 5) is 15.2. The van der Waals surface area contributed by atoms with Crippen LogP contribution in [0.4, 0.5) is 5.69 Å². The molecule has 7 nitrogen and oxygen atoms in total. The minimum absolute atomic E-state index is 0.00803.